The minimum atomic E-state index is -1.61. The van der Waals surface area contributed by atoms with Gasteiger partial charge in [0.25, 0.3) is 0 Å². The fourth-order valence-corrected chi connectivity index (χ4v) is 3.91. The van der Waals surface area contributed by atoms with Crippen molar-refractivity contribution in [3.8, 4) is 22.9 Å². The van der Waals surface area contributed by atoms with E-state index in [-0.39, 0.29) is 0 Å². The van der Waals surface area contributed by atoms with Gasteiger partial charge in [0.05, 0.1) is 0 Å². The van der Waals surface area contributed by atoms with Gasteiger partial charge in [-0.05, 0) is 26.7 Å². The Labute approximate surface area is 157 Å². The highest BCUT2D eigenvalue weighted by Crippen LogP contribution is 2.48. The third kappa shape index (κ3) is 5.73. The summed E-state index contributed by atoms with van der Waals surface area (Å²) >= 11 is 0. The lowest BCUT2D eigenvalue weighted by atomic mass is 9.79. The van der Waals surface area contributed by atoms with E-state index in [4.69, 9.17) is 9.47 Å². The van der Waals surface area contributed by atoms with Crippen molar-refractivity contribution in [2.45, 2.75) is 83.0 Å². The molecule has 1 aliphatic rings. The summed E-state index contributed by atoms with van der Waals surface area (Å²) in [4.78, 5) is 0. The Morgan fingerprint density at radius 2 is 1.20 bits per heavy atom. The molecule has 0 radical (unpaired) electrons. The van der Waals surface area contributed by atoms with Gasteiger partial charge in [0, 0.05) is 0 Å². The Morgan fingerprint density at radius 1 is 0.800 bits per heavy atom. The topological polar surface area (TPSA) is 18.5 Å². The van der Waals surface area contributed by atoms with E-state index in [9.17, 15) is 0 Å². The molecule has 0 aliphatic carbocycles. The largest absolute Gasteiger partial charge is 0.338 e. The van der Waals surface area contributed by atoms with Crippen molar-refractivity contribution in [2.24, 2.45) is 0 Å². The van der Waals surface area contributed by atoms with E-state index in [0.29, 0.717) is 12.8 Å². The first-order chi connectivity index (χ1) is 11.2. The molecule has 0 aromatic heterocycles. The molecule has 1 heterocycles. The van der Waals surface area contributed by atoms with Crippen molar-refractivity contribution in [3.05, 3.63) is 25.3 Å². The molecule has 1 fully saturated rings. The van der Waals surface area contributed by atoms with Crippen molar-refractivity contribution < 1.29 is 9.47 Å². The molecule has 0 aromatic carbocycles. The SMILES string of the molecule is C=CCC1(CC=C)OC(C)(C)OC1(C#C[Si](C)(C)C)C#C[Si](C)(C)C. The maximum absolute atomic E-state index is 6.43. The summed E-state index contributed by atoms with van der Waals surface area (Å²) in [6.45, 7) is 25.1. The summed E-state index contributed by atoms with van der Waals surface area (Å²) in [6.07, 6.45) is 4.97. The van der Waals surface area contributed by atoms with Gasteiger partial charge >= 0.3 is 0 Å². The molecule has 1 aliphatic heterocycles. The van der Waals surface area contributed by atoms with Gasteiger partial charge in [0.1, 0.15) is 21.7 Å². The minimum absolute atomic E-state index is 0.614. The van der Waals surface area contributed by atoms with E-state index >= 15 is 0 Å². The number of ether oxygens (including phenoxy) is 2. The molecule has 0 atom stereocenters. The Morgan fingerprint density at radius 3 is 1.52 bits per heavy atom. The van der Waals surface area contributed by atoms with Crippen molar-refractivity contribution in [2.75, 3.05) is 0 Å². The summed E-state index contributed by atoms with van der Waals surface area (Å²) in [7, 11) is -3.21. The molecule has 4 heteroatoms. The molecular formula is C21H34O2Si2. The molecule has 0 bridgehead atoms. The molecule has 0 aromatic rings. The lowest BCUT2D eigenvalue weighted by molar-refractivity contribution is -0.162. The second-order valence-electron chi connectivity index (χ2n) is 9.27. The summed E-state index contributed by atoms with van der Waals surface area (Å²) in [5.74, 6) is 6.13. The first kappa shape index (κ1) is 22.0. The molecule has 1 rings (SSSR count). The monoisotopic (exact) mass is 374 g/mol. The molecule has 1 saturated heterocycles. The highest BCUT2D eigenvalue weighted by molar-refractivity contribution is 6.84. The van der Waals surface area contributed by atoms with E-state index in [2.05, 4.69) is 75.4 Å². The van der Waals surface area contributed by atoms with Gasteiger partial charge in [-0.2, -0.15) is 0 Å². The van der Waals surface area contributed by atoms with Crippen LogP contribution in [0.15, 0.2) is 25.3 Å². The number of hydrogen-bond acceptors (Lipinski definition) is 2. The number of hydrogen-bond donors (Lipinski definition) is 0. The highest BCUT2D eigenvalue weighted by Gasteiger charge is 2.61. The van der Waals surface area contributed by atoms with E-state index in [0.717, 1.165) is 0 Å². The van der Waals surface area contributed by atoms with Crippen LogP contribution in [0.3, 0.4) is 0 Å². The van der Waals surface area contributed by atoms with Crippen LogP contribution >= 0.6 is 0 Å². The van der Waals surface area contributed by atoms with Gasteiger partial charge in [-0.15, -0.1) is 24.2 Å². The zero-order valence-electron chi connectivity index (χ0n) is 17.3. The predicted molar refractivity (Wildman–Crippen MR) is 114 cm³/mol. The smallest absolute Gasteiger partial charge is 0.221 e. The fraction of sp³-hybridized carbons (Fsp3) is 0.619. The van der Waals surface area contributed by atoms with Crippen molar-refractivity contribution in [1.29, 1.82) is 0 Å². The van der Waals surface area contributed by atoms with E-state index in [1.807, 2.05) is 26.0 Å². The summed E-state index contributed by atoms with van der Waals surface area (Å²) in [6, 6.07) is 0. The van der Waals surface area contributed by atoms with Gasteiger partial charge in [-0.1, -0.05) is 63.3 Å². The average Bonchev–Trinajstić information content (AvgIpc) is 2.61. The van der Waals surface area contributed by atoms with Crippen LogP contribution in [0.5, 0.6) is 0 Å². The Balaban J connectivity index is 3.72. The van der Waals surface area contributed by atoms with Gasteiger partial charge in [0.15, 0.2) is 5.79 Å². The normalized spacial score (nSPS) is 20.6. The van der Waals surface area contributed by atoms with Gasteiger partial charge < -0.3 is 9.47 Å². The van der Waals surface area contributed by atoms with E-state index in [1.165, 1.54) is 0 Å². The van der Waals surface area contributed by atoms with E-state index in [1.54, 1.807) is 0 Å². The van der Waals surface area contributed by atoms with Gasteiger partial charge in [0.2, 0.25) is 5.60 Å². The summed E-state index contributed by atoms with van der Waals surface area (Å²) in [5, 5.41) is 0. The second kappa shape index (κ2) is 7.29. The second-order valence-corrected chi connectivity index (χ2v) is 18.8. The van der Waals surface area contributed by atoms with Crippen LogP contribution in [0.4, 0.5) is 0 Å². The average molecular weight is 375 g/mol. The van der Waals surface area contributed by atoms with Crippen LogP contribution in [-0.2, 0) is 9.47 Å². The van der Waals surface area contributed by atoms with Crippen LogP contribution in [0.25, 0.3) is 0 Å². The standard InChI is InChI=1S/C21H34O2Si2/c1-11-13-20(14-12-2)21(15-17-24(5,6)7,16-18-25(8,9)10)23-19(3,4)22-20/h11-12H,1-2,13-14H2,3-10H3. The molecule has 138 valence electrons. The molecule has 2 nitrogen and oxygen atoms in total. The molecular weight excluding hydrogens is 340 g/mol. The van der Waals surface area contributed by atoms with Crippen LogP contribution in [0, 0.1) is 22.9 Å². The summed E-state index contributed by atoms with van der Waals surface area (Å²) < 4.78 is 12.9. The Hall–Kier alpha value is -1.05. The van der Waals surface area contributed by atoms with Crippen molar-refractivity contribution in [1.82, 2.24) is 0 Å². The predicted octanol–water partition coefficient (Wildman–Crippen LogP) is 5.16. The molecule has 0 unspecified atom stereocenters. The first-order valence-electron chi connectivity index (χ1n) is 8.91. The molecule has 0 saturated carbocycles. The quantitative estimate of drug-likeness (QED) is 0.384. The molecule has 0 N–H and O–H groups in total. The van der Waals surface area contributed by atoms with Crippen molar-refractivity contribution >= 4 is 16.1 Å². The van der Waals surface area contributed by atoms with Gasteiger partial charge in [-0.25, -0.2) is 0 Å². The minimum Gasteiger partial charge on any atom is -0.338 e. The van der Waals surface area contributed by atoms with E-state index < -0.39 is 33.1 Å². The maximum Gasteiger partial charge on any atom is 0.221 e. The maximum atomic E-state index is 6.43. The zero-order valence-corrected chi connectivity index (χ0v) is 19.3. The Kier molecular flexibility index (Phi) is 6.41. The number of rotatable bonds is 4. The third-order valence-electron chi connectivity index (χ3n) is 3.66. The molecule has 0 spiro atoms. The lowest BCUT2D eigenvalue weighted by Crippen LogP contribution is -2.50. The van der Waals surface area contributed by atoms with Crippen LogP contribution in [-0.4, -0.2) is 33.1 Å². The third-order valence-corrected chi connectivity index (χ3v) is 5.41. The van der Waals surface area contributed by atoms with Crippen LogP contribution < -0.4 is 0 Å². The summed E-state index contributed by atoms with van der Waals surface area (Å²) in [5.41, 5.74) is 5.32. The fourth-order valence-electron chi connectivity index (χ4n) is 2.81. The highest BCUT2D eigenvalue weighted by atomic mass is 28.3. The first-order valence-corrected chi connectivity index (χ1v) is 15.9. The molecule has 0 amide bonds. The van der Waals surface area contributed by atoms with Gasteiger partial charge in [-0.3, -0.25) is 0 Å². The lowest BCUT2D eigenvalue weighted by Gasteiger charge is -2.35. The van der Waals surface area contributed by atoms with Crippen molar-refractivity contribution in [3.63, 3.8) is 0 Å². The Bertz CT molecular complexity index is 598. The molecule has 25 heavy (non-hydrogen) atoms. The van der Waals surface area contributed by atoms with Crippen LogP contribution in [0.2, 0.25) is 39.3 Å². The zero-order chi connectivity index (χ0) is 19.6. The van der Waals surface area contributed by atoms with Crippen LogP contribution in [0.1, 0.15) is 26.7 Å².